The van der Waals surface area contributed by atoms with Crippen LogP contribution >= 0.6 is 21.4 Å². The van der Waals surface area contributed by atoms with Crippen LogP contribution in [0.3, 0.4) is 0 Å². The van der Waals surface area contributed by atoms with Gasteiger partial charge in [-0.05, 0) is 120 Å². The third kappa shape index (κ3) is 8.59. The van der Waals surface area contributed by atoms with Gasteiger partial charge in [0, 0.05) is 35.3 Å². The van der Waals surface area contributed by atoms with Crippen LogP contribution < -0.4 is 0 Å². The van der Waals surface area contributed by atoms with E-state index in [0.717, 1.165) is 5.57 Å². The lowest BCUT2D eigenvalue weighted by Gasteiger charge is -2.31. The number of thiophene rings is 1. The standard InChI is InChI=1S/C24H18S.C23H22S.C4H8.2C2H6/c1-15-7-3-4-8-18(15)19-13-11-17-12-14-21-20-9-5-6-10-22(20)25-24(21)23(17)16(19)2;1-16-10-5-6-11-18(16)17(2)19-13-9-14-21-20-12-7-8-15-22(20)24(3,4)23(19)21;1-4(2)3;2*1-2/h3-14H,1-2H3;5-15H,2H2,1,3-4H3;1H2,2-3H3;2*1-2H3. The van der Waals surface area contributed by atoms with Gasteiger partial charge in [-0.2, -0.15) is 10.0 Å². The predicted octanol–water partition coefficient (Wildman–Crippen LogP) is 17.6. The van der Waals surface area contributed by atoms with E-state index in [1.807, 2.05) is 52.9 Å². The third-order valence-corrected chi connectivity index (χ3v) is 14.4. The summed E-state index contributed by atoms with van der Waals surface area (Å²) in [5.74, 6) is 0. The fourth-order valence-electron chi connectivity index (χ4n) is 7.77. The molecular weight excluding hydrogens is 725 g/mol. The van der Waals surface area contributed by atoms with E-state index in [9.17, 15) is 0 Å². The molecule has 0 radical (unpaired) electrons. The Morgan fingerprint density at radius 3 is 1.74 bits per heavy atom. The van der Waals surface area contributed by atoms with Gasteiger partial charge >= 0.3 is 0 Å². The van der Waals surface area contributed by atoms with Crippen molar-refractivity contribution in [2.75, 3.05) is 12.5 Å². The van der Waals surface area contributed by atoms with Crippen molar-refractivity contribution in [1.29, 1.82) is 0 Å². The van der Waals surface area contributed by atoms with E-state index in [0.29, 0.717) is 0 Å². The molecule has 9 rings (SSSR count). The Morgan fingerprint density at radius 2 is 1.05 bits per heavy atom. The van der Waals surface area contributed by atoms with Crippen molar-refractivity contribution in [2.45, 2.75) is 72.1 Å². The second-order valence-electron chi connectivity index (χ2n) is 14.7. The molecule has 0 saturated carbocycles. The summed E-state index contributed by atoms with van der Waals surface area (Å²) in [4.78, 5) is 2.98. The van der Waals surface area contributed by atoms with E-state index >= 15 is 0 Å². The molecule has 0 amide bonds. The molecule has 0 nitrogen and oxygen atoms in total. The number of fused-ring (bicyclic) bond motifs is 8. The first-order valence-corrected chi connectivity index (χ1v) is 23.5. The summed E-state index contributed by atoms with van der Waals surface area (Å²) in [5, 5.41) is 5.47. The second-order valence-corrected chi connectivity index (χ2v) is 19.3. The van der Waals surface area contributed by atoms with Crippen LogP contribution in [-0.4, -0.2) is 12.5 Å². The Bertz CT molecular complexity index is 2680. The number of rotatable bonds is 3. The quantitative estimate of drug-likeness (QED) is 0.157. The van der Waals surface area contributed by atoms with E-state index < -0.39 is 10.0 Å². The van der Waals surface area contributed by atoms with Crippen LogP contribution in [0.2, 0.25) is 0 Å². The first kappa shape index (κ1) is 43.0. The maximum absolute atomic E-state index is 4.48. The maximum Gasteiger partial charge on any atom is 0.0436 e. The average molecular weight is 785 g/mol. The van der Waals surface area contributed by atoms with Crippen LogP contribution in [0, 0.1) is 20.8 Å². The number of hydrogen-bond donors (Lipinski definition) is 0. The molecule has 1 aliphatic heterocycles. The summed E-state index contributed by atoms with van der Waals surface area (Å²) >= 11 is 1.91. The molecular formula is C55H60S2. The third-order valence-electron chi connectivity index (χ3n) is 10.3. The Morgan fingerprint density at radius 1 is 0.509 bits per heavy atom. The van der Waals surface area contributed by atoms with Gasteiger partial charge < -0.3 is 0 Å². The van der Waals surface area contributed by atoms with Gasteiger partial charge in [-0.1, -0.05) is 167 Å². The van der Waals surface area contributed by atoms with Gasteiger partial charge in [-0.15, -0.1) is 17.9 Å². The van der Waals surface area contributed by atoms with E-state index in [4.69, 9.17) is 0 Å². The molecule has 7 aromatic carbocycles. The normalized spacial score (nSPS) is 12.3. The van der Waals surface area contributed by atoms with Crippen LogP contribution in [0.15, 0.2) is 168 Å². The number of aryl methyl sites for hydroxylation is 3. The van der Waals surface area contributed by atoms with Crippen molar-refractivity contribution in [3.05, 3.63) is 186 Å². The predicted molar refractivity (Wildman–Crippen MR) is 262 cm³/mol. The zero-order valence-electron chi connectivity index (χ0n) is 36.0. The molecule has 1 aromatic heterocycles. The minimum Gasteiger partial charge on any atom is -0.192 e. The molecule has 2 heteroatoms. The zero-order valence-corrected chi connectivity index (χ0v) is 37.6. The van der Waals surface area contributed by atoms with Gasteiger partial charge in [0.2, 0.25) is 0 Å². The van der Waals surface area contributed by atoms with Crippen molar-refractivity contribution in [2.24, 2.45) is 0 Å². The van der Waals surface area contributed by atoms with Crippen LogP contribution in [0.4, 0.5) is 0 Å². The van der Waals surface area contributed by atoms with E-state index in [1.54, 1.807) is 0 Å². The minimum atomic E-state index is -1.02. The zero-order chi connectivity index (χ0) is 41.4. The second kappa shape index (κ2) is 18.9. The lowest BCUT2D eigenvalue weighted by molar-refractivity contribution is 1.36. The lowest BCUT2D eigenvalue weighted by Crippen LogP contribution is -1.99. The Labute approximate surface area is 349 Å². The Balaban J connectivity index is 0.000000185. The summed E-state index contributed by atoms with van der Waals surface area (Å²) in [7, 11) is -1.02. The Hall–Kier alpha value is -5.15. The molecule has 1 aliphatic rings. The van der Waals surface area contributed by atoms with Crippen molar-refractivity contribution < 1.29 is 0 Å². The van der Waals surface area contributed by atoms with Crippen LogP contribution in [0.1, 0.15) is 69.4 Å². The average Bonchev–Trinajstić information content (AvgIpc) is 3.72. The first-order valence-electron chi connectivity index (χ1n) is 20.2. The molecule has 2 heterocycles. The van der Waals surface area contributed by atoms with Crippen molar-refractivity contribution in [3.63, 3.8) is 0 Å². The molecule has 0 bridgehead atoms. The highest BCUT2D eigenvalue weighted by Crippen LogP contribution is 2.68. The van der Waals surface area contributed by atoms with Crippen LogP contribution in [0.5, 0.6) is 0 Å². The smallest absolute Gasteiger partial charge is 0.0436 e. The number of allylic oxidation sites excluding steroid dienone is 1. The highest BCUT2D eigenvalue weighted by atomic mass is 32.3. The summed E-state index contributed by atoms with van der Waals surface area (Å²) in [6.07, 6.45) is 4.82. The van der Waals surface area contributed by atoms with Crippen molar-refractivity contribution in [1.82, 2.24) is 0 Å². The van der Waals surface area contributed by atoms with Gasteiger partial charge in [-0.25, -0.2) is 0 Å². The minimum absolute atomic E-state index is 1.02. The lowest BCUT2D eigenvalue weighted by atomic mass is 9.92. The maximum atomic E-state index is 4.48. The molecule has 0 spiro atoms. The van der Waals surface area contributed by atoms with Gasteiger partial charge in [0.05, 0.1) is 0 Å². The molecule has 0 aliphatic carbocycles. The summed E-state index contributed by atoms with van der Waals surface area (Å²) in [5.41, 5.74) is 14.3. The molecule has 0 unspecified atom stereocenters. The Kier molecular flexibility index (Phi) is 14.2. The van der Waals surface area contributed by atoms with Crippen LogP contribution in [-0.2, 0) is 0 Å². The monoisotopic (exact) mass is 784 g/mol. The van der Waals surface area contributed by atoms with Gasteiger partial charge in [0.1, 0.15) is 0 Å². The number of hydrogen-bond acceptors (Lipinski definition) is 1. The molecule has 57 heavy (non-hydrogen) atoms. The largest absolute Gasteiger partial charge is 0.192 e. The van der Waals surface area contributed by atoms with Crippen molar-refractivity contribution >= 4 is 57.9 Å². The first-order chi connectivity index (χ1) is 27.5. The topological polar surface area (TPSA) is 0 Å². The molecule has 0 N–H and O–H groups in total. The molecule has 0 fully saturated rings. The van der Waals surface area contributed by atoms with Gasteiger partial charge in [0.15, 0.2) is 0 Å². The van der Waals surface area contributed by atoms with E-state index in [1.165, 1.54) is 96.4 Å². The molecule has 292 valence electrons. The van der Waals surface area contributed by atoms with E-state index in [-0.39, 0.29) is 0 Å². The van der Waals surface area contributed by atoms with Gasteiger partial charge in [-0.3, -0.25) is 0 Å². The fraction of sp³-hybridized carbons (Fsp3) is 0.200. The number of benzene rings is 7. The SMILES string of the molecule is C=C(C)C.C=C(c1ccccc1C)c1cccc2c1S(C)(C)c1ccccc1-2.CC.CC.Cc1ccccc1-c1ccc2ccc3c4ccccc4sc3c2c1C. The molecule has 0 atom stereocenters. The summed E-state index contributed by atoms with van der Waals surface area (Å²) in [6.45, 7) is 26.6. The van der Waals surface area contributed by atoms with Gasteiger partial charge in [0.25, 0.3) is 0 Å². The van der Waals surface area contributed by atoms with E-state index in [2.05, 4.69) is 186 Å². The summed E-state index contributed by atoms with van der Waals surface area (Å²) < 4.78 is 2.78. The highest BCUT2D eigenvalue weighted by molar-refractivity contribution is 8.33. The highest BCUT2D eigenvalue weighted by Gasteiger charge is 2.34. The molecule has 8 aromatic rings. The fourth-order valence-corrected chi connectivity index (χ4v) is 11.9. The summed E-state index contributed by atoms with van der Waals surface area (Å²) in [6, 6.07) is 50.6. The van der Waals surface area contributed by atoms with Crippen molar-refractivity contribution in [3.8, 4) is 22.3 Å². The molecule has 0 saturated heterocycles. The van der Waals surface area contributed by atoms with Crippen LogP contribution in [0.25, 0.3) is 58.8 Å².